The molecule has 0 saturated heterocycles. The number of aryl methyl sites for hydroxylation is 2. The Morgan fingerprint density at radius 2 is 1.87 bits per heavy atom. The first-order valence-corrected chi connectivity index (χ1v) is 8.67. The fourth-order valence-corrected chi connectivity index (χ4v) is 3.41. The highest BCUT2D eigenvalue weighted by Crippen LogP contribution is 2.26. The molecule has 0 fully saturated rings. The van der Waals surface area contributed by atoms with Crippen molar-refractivity contribution in [3.8, 4) is 5.69 Å². The molecule has 1 aromatic carbocycles. The number of tetrazole rings is 1. The molecule has 0 N–H and O–H groups in total. The number of carbonyl (C=O) groups excluding carboxylic acids is 1. The van der Waals surface area contributed by atoms with E-state index in [0.29, 0.717) is 18.2 Å². The number of nitrogens with zero attached hydrogens (tertiary/aromatic N) is 5. The van der Waals surface area contributed by atoms with Crippen molar-refractivity contribution < 1.29 is 4.79 Å². The molecule has 0 aliphatic rings. The molecule has 1 unspecified atom stereocenters. The van der Waals surface area contributed by atoms with E-state index in [4.69, 9.17) is 0 Å². The molecule has 0 aliphatic carbocycles. The van der Waals surface area contributed by atoms with E-state index in [1.807, 2.05) is 57.7 Å². The highest BCUT2D eigenvalue weighted by atomic mass is 32.2. The summed E-state index contributed by atoms with van der Waals surface area (Å²) in [6.45, 7) is 11.4. The van der Waals surface area contributed by atoms with Gasteiger partial charge in [-0.05, 0) is 56.2 Å². The van der Waals surface area contributed by atoms with Crippen LogP contribution >= 0.6 is 11.8 Å². The van der Waals surface area contributed by atoms with Crippen LogP contribution in [0.15, 0.2) is 23.4 Å². The molecular weight excluding hydrogens is 310 g/mol. The Bertz CT molecular complexity index is 661. The van der Waals surface area contributed by atoms with E-state index in [1.54, 1.807) is 4.68 Å². The molecule has 0 bridgehead atoms. The molecule has 124 valence electrons. The first kappa shape index (κ1) is 17.5. The van der Waals surface area contributed by atoms with Crippen LogP contribution < -0.4 is 0 Å². The van der Waals surface area contributed by atoms with Crippen LogP contribution in [0.2, 0.25) is 0 Å². The Labute approximate surface area is 141 Å². The van der Waals surface area contributed by atoms with E-state index < -0.39 is 0 Å². The highest BCUT2D eigenvalue weighted by molar-refractivity contribution is 8.00. The fourth-order valence-electron chi connectivity index (χ4n) is 2.53. The maximum atomic E-state index is 12.4. The monoisotopic (exact) mass is 333 g/mol. The number of rotatable bonds is 6. The third kappa shape index (κ3) is 3.72. The predicted molar refractivity (Wildman–Crippen MR) is 91.9 cm³/mol. The van der Waals surface area contributed by atoms with Crippen molar-refractivity contribution in [3.63, 3.8) is 0 Å². The number of benzene rings is 1. The molecule has 1 heterocycles. The highest BCUT2D eigenvalue weighted by Gasteiger charge is 2.23. The molecule has 7 heteroatoms. The van der Waals surface area contributed by atoms with Crippen LogP contribution in [0, 0.1) is 13.8 Å². The van der Waals surface area contributed by atoms with Gasteiger partial charge in [0.15, 0.2) is 0 Å². The summed E-state index contributed by atoms with van der Waals surface area (Å²) in [6.07, 6.45) is 0. The zero-order valence-electron chi connectivity index (χ0n) is 14.3. The van der Waals surface area contributed by atoms with Gasteiger partial charge in [0, 0.05) is 13.1 Å². The molecule has 0 aliphatic heterocycles. The SMILES string of the molecule is CCN(CC)C(=O)C(C)Sc1nnnn1-c1c(C)cccc1C. The zero-order chi connectivity index (χ0) is 17.0. The minimum absolute atomic E-state index is 0.107. The van der Waals surface area contributed by atoms with Crippen molar-refractivity contribution >= 4 is 17.7 Å². The summed E-state index contributed by atoms with van der Waals surface area (Å²) in [5, 5.41) is 12.4. The summed E-state index contributed by atoms with van der Waals surface area (Å²) in [5.74, 6) is 0.107. The van der Waals surface area contributed by atoms with Gasteiger partial charge in [0.1, 0.15) is 0 Å². The molecule has 2 aromatic rings. The van der Waals surface area contributed by atoms with Crippen molar-refractivity contribution in [1.29, 1.82) is 0 Å². The maximum Gasteiger partial charge on any atom is 0.235 e. The molecule has 1 atom stereocenters. The van der Waals surface area contributed by atoms with Crippen molar-refractivity contribution in [2.45, 2.75) is 45.0 Å². The quantitative estimate of drug-likeness (QED) is 0.760. The summed E-state index contributed by atoms with van der Waals surface area (Å²) in [5.41, 5.74) is 3.17. The smallest absolute Gasteiger partial charge is 0.235 e. The molecule has 23 heavy (non-hydrogen) atoms. The van der Waals surface area contributed by atoms with E-state index >= 15 is 0 Å². The summed E-state index contributed by atoms with van der Waals surface area (Å²) in [4.78, 5) is 14.3. The number of hydrogen-bond donors (Lipinski definition) is 0. The minimum Gasteiger partial charge on any atom is -0.342 e. The number of hydrogen-bond acceptors (Lipinski definition) is 5. The average Bonchev–Trinajstić information content (AvgIpc) is 2.96. The number of amides is 1. The van der Waals surface area contributed by atoms with Crippen LogP contribution in [0.25, 0.3) is 5.69 Å². The van der Waals surface area contributed by atoms with E-state index in [1.165, 1.54) is 11.8 Å². The first-order valence-electron chi connectivity index (χ1n) is 7.80. The van der Waals surface area contributed by atoms with Gasteiger partial charge in [0.25, 0.3) is 0 Å². The summed E-state index contributed by atoms with van der Waals surface area (Å²) in [6, 6.07) is 6.07. The van der Waals surface area contributed by atoms with E-state index in [9.17, 15) is 4.79 Å². The van der Waals surface area contributed by atoms with Gasteiger partial charge in [0.2, 0.25) is 11.1 Å². The van der Waals surface area contributed by atoms with Gasteiger partial charge in [-0.2, -0.15) is 4.68 Å². The lowest BCUT2D eigenvalue weighted by Crippen LogP contribution is -2.36. The lowest BCUT2D eigenvalue weighted by molar-refractivity contribution is -0.129. The van der Waals surface area contributed by atoms with Crippen molar-refractivity contribution in [2.24, 2.45) is 0 Å². The molecular formula is C16H23N5OS. The Balaban J connectivity index is 2.27. The van der Waals surface area contributed by atoms with Gasteiger partial charge >= 0.3 is 0 Å². The molecule has 6 nitrogen and oxygen atoms in total. The minimum atomic E-state index is -0.232. The standard InChI is InChI=1S/C16H23N5OS/c1-6-20(7-2)15(22)13(5)23-16-17-18-19-21(16)14-11(3)9-8-10-12(14)4/h8-10,13H,6-7H2,1-5H3. The van der Waals surface area contributed by atoms with Crippen LogP contribution in [0.5, 0.6) is 0 Å². The van der Waals surface area contributed by atoms with Crippen molar-refractivity contribution in [3.05, 3.63) is 29.3 Å². The third-order valence-corrected chi connectivity index (χ3v) is 4.82. The Morgan fingerprint density at radius 3 is 2.43 bits per heavy atom. The number of carbonyl (C=O) groups is 1. The molecule has 0 saturated carbocycles. The summed E-state index contributed by atoms with van der Waals surface area (Å²) < 4.78 is 1.72. The van der Waals surface area contributed by atoms with E-state index in [-0.39, 0.29) is 11.2 Å². The predicted octanol–water partition coefficient (Wildman–Crippen LogP) is 2.63. The average molecular weight is 333 g/mol. The second-order valence-corrected chi connectivity index (χ2v) is 6.69. The van der Waals surface area contributed by atoms with Crippen LogP contribution in [-0.2, 0) is 4.79 Å². The number of para-hydroxylation sites is 1. The molecule has 2 rings (SSSR count). The van der Waals surface area contributed by atoms with Gasteiger partial charge in [-0.1, -0.05) is 30.0 Å². The third-order valence-electron chi connectivity index (χ3n) is 3.80. The van der Waals surface area contributed by atoms with Gasteiger partial charge < -0.3 is 4.90 Å². The first-order chi connectivity index (χ1) is 11.0. The molecule has 1 aromatic heterocycles. The van der Waals surface area contributed by atoms with E-state index in [2.05, 4.69) is 15.5 Å². The Morgan fingerprint density at radius 1 is 1.26 bits per heavy atom. The Hall–Kier alpha value is -1.89. The van der Waals surface area contributed by atoms with Gasteiger partial charge in [-0.3, -0.25) is 4.79 Å². The fraction of sp³-hybridized carbons (Fsp3) is 0.500. The number of thioether (sulfide) groups is 1. The summed E-state index contributed by atoms with van der Waals surface area (Å²) in [7, 11) is 0. The molecule has 1 amide bonds. The van der Waals surface area contributed by atoms with Gasteiger partial charge in [-0.15, -0.1) is 5.10 Å². The normalized spacial score (nSPS) is 12.2. The van der Waals surface area contributed by atoms with E-state index in [0.717, 1.165) is 16.8 Å². The van der Waals surface area contributed by atoms with Crippen LogP contribution in [0.4, 0.5) is 0 Å². The number of aromatic nitrogens is 4. The second-order valence-electron chi connectivity index (χ2n) is 5.38. The summed E-state index contributed by atoms with van der Waals surface area (Å²) >= 11 is 1.39. The second kappa shape index (κ2) is 7.59. The molecule has 0 spiro atoms. The lowest BCUT2D eigenvalue weighted by atomic mass is 10.1. The topological polar surface area (TPSA) is 63.9 Å². The van der Waals surface area contributed by atoms with Crippen LogP contribution in [0.1, 0.15) is 31.9 Å². The van der Waals surface area contributed by atoms with Crippen LogP contribution in [-0.4, -0.2) is 49.4 Å². The Kier molecular flexibility index (Phi) is 5.76. The van der Waals surface area contributed by atoms with Crippen molar-refractivity contribution in [2.75, 3.05) is 13.1 Å². The van der Waals surface area contributed by atoms with Crippen LogP contribution in [0.3, 0.4) is 0 Å². The van der Waals surface area contributed by atoms with Gasteiger partial charge in [0.05, 0.1) is 10.9 Å². The lowest BCUT2D eigenvalue weighted by Gasteiger charge is -2.22. The molecule has 0 radical (unpaired) electrons. The maximum absolute atomic E-state index is 12.4. The zero-order valence-corrected chi connectivity index (χ0v) is 15.1. The van der Waals surface area contributed by atoms with Gasteiger partial charge in [-0.25, -0.2) is 0 Å². The van der Waals surface area contributed by atoms with Crippen molar-refractivity contribution in [1.82, 2.24) is 25.1 Å². The largest absolute Gasteiger partial charge is 0.342 e.